The van der Waals surface area contributed by atoms with Gasteiger partial charge in [-0.1, -0.05) is 19.1 Å². The summed E-state index contributed by atoms with van der Waals surface area (Å²) in [6, 6.07) is 10.3. The van der Waals surface area contributed by atoms with Gasteiger partial charge in [-0.15, -0.1) is 0 Å². The van der Waals surface area contributed by atoms with Crippen LogP contribution < -0.4 is 5.73 Å². The van der Waals surface area contributed by atoms with Crippen LogP contribution in [0.4, 0.5) is 14.5 Å². The Bertz CT molecular complexity index is 910. The standard InChI is InChI=1S/C21H20F2N2/c1-12-7-14(3-5-19(12)22)17-8-13(2)20(23)10-18(17)15-4-6-21(25)16(9-15)11-24/h3-7,9-11,13,24H,8,25H2,1-2H3. The van der Waals surface area contributed by atoms with Crippen molar-refractivity contribution in [3.63, 3.8) is 0 Å². The maximum atomic E-state index is 14.3. The maximum absolute atomic E-state index is 14.3. The van der Waals surface area contributed by atoms with Gasteiger partial charge in [-0.3, -0.25) is 0 Å². The van der Waals surface area contributed by atoms with Crippen molar-refractivity contribution < 1.29 is 8.78 Å². The molecule has 0 saturated carbocycles. The van der Waals surface area contributed by atoms with Gasteiger partial charge in [-0.25, -0.2) is 8.78 Å². The third kappa shape index (κ3) is 3.25. The molecule has 3 rings (SSSR count). The molecule has 25 heavy (non-hydrogen) atoms. The lowest BCUT2D eigenvalue weighted by molar-refractivity contribution is 0.497. The second-order valence-corrected chi connectivity index (χ2v) is 6.48. The maximum Gasteiger partial charge on any atom is 0.126 e. The molecule has 2 aromatic carbocycles. The van der Waals surface area contributed by atoms with Gasteiger partial charge in [0.15, 0.2) is 0 Å². The van der Waals surface area contributed by atoms with E-state index in [1.165, 1.54) is 12.3 Å². The Morgan fingerprint density at radius 1 is 1.12 bits per heavy atom. The SMILES string of the molecule is Cc1cc(C2=C(c3ccc(N)c(C=N)c3)C=C(F)C(C)C2)ccc1F. The first kappa shape index (κ1) is 17.1. The number of hydrogen-bond donors (Lipinski definition) is 2. The van der Waals surface area contributed by atoms with Crippen LogP contribution in [0.3, 0.4) is 0 Å². The smallest absolute Gasteiger partial charge is 0.126 e. The molecule has 2 aromatic rings. The second-order valence-electron chi connectivity index (χ2n) is 6.48. The van der Waals surface area contributed by atoms with Gasteiger partial charge in [0.25, 0.3) is 0 Å². The minimum absolute atomic E-state index is 0.175. The third-order valence-corrected chi connectivity index (χ3v) is 4.65. The molecule has 3 N–H and O–H groups in total. The molecule has 1 aliphatic rings. The third-order valence-electron chi connectivity index (χ3n) is 4.65. The van der Waals surface area contributed by atoms with Gasteiger partial charge in [0, 0.05) is 23.4 Å². The summed E-state index contributed by atoms with van der Waals surface area (Å²) in [5.74, 6) is -0.652. The number of rotatable bonds is 3. The topological polar surface area (TPSA) is 49.9 Å². The highest BCUT2D eigenvalue weighted by Crippen LogP contribution is 2.40. The molecule has 1 aliphatic carbocycles. The molecule has 128 valence electrons. The van der Waals surface area contributed by atoms with Crippen LogP contribution in [-0.4, -0.2) is 6.21 Å². The number of aryl methyl sites for hydroxylation is 1. The first-order chi connectivity index (χ1) is 11.9. The van der Waals surface area contributed by atoms with Gasteiger partial charge in [-0.05, 0) is 71.5 Å². The molecule has 0 amide bonds. The van der Waals surface area contributed by atoms with Crippen molar-refractivity contribution in [1.82, 2.24) is 0 Å². The number of anilines is 1. The molecule has 0 bridgehead atoms. The first-order valence-electron chi connectivity index (χ1n) is 8.18. The van der Waals surface area contributed by atoms with Crippen LogP contribution in [0, 0.1) is 24.1 Å². The Morgan fingerprint density at radius 2 is 1.84 bits per heavy atom. The predicted molar refractivity (Wildman–Crippen MR) is 99.7 cm³/mol. The zero-order valence-corrected chi connectivity index (χ0v) is 14.2. The highest BCUT2D eigenvalue weighted by molar-refractivity contribution is 5.98. The van der Waals surface area contributed by atoms with E-state index in [1.54, 1.807) is 37.3 Å². The van der Waals surface area contributed by atoms with E-state index in [9.17, 15) is 8.78 Å². The second kappa shape index (κ2) is 6.63. The fourth-order valence-electron chi connectivity index (χ4n) is 3.11. The molecule has 0 aromatic heterocycles. The lowest BCUT2D eigenvalue weighted by atomic mass is 9.82. The highest BCUT2D eigenvalue weighted by atomic mass is 19.1. The lowest BCUT2D eigenvalue weighted by Gasteiger charge is -2.23. The molecule has 0 saturated heterocycles. The van der Waals surface area contributed by atoms with E-state index in [1.807, 2.05) is 13.0 Å². The quantitative estimate of drug-likeness (QED) is 0.562. The normalized spacial score (nSPS) is 17.4. The number of nitrogens with one attached hydrogen (secondary N) is 1. The molecule has 0 fully saturated rings. The Balaban J connectivity index is 2.22. The van der Waals surface area contributed by atoms with E-state index >= 15 is 0 Å². The van der Waals surface area contributed by atoms with Crippen molar-refractivity contribution in [2.75, 3.05) is 5.73 Å². The van der Waals surface area contributed by atoms with Crippen LogP contribution >= 0.6 is 0 Å². The highest BCUT2D eigenvalue weighted by Gasteiger charge is 2.22. The summed E-state index contributed by atoms with van der Waals surface area (Å²) in [6.07, 6.45) is 3.26. The first-order valence-corrected chi connectivity index (χ1v) is 8.18. The van der Waals surface area contributed by atoms with Crippen LogP contribution in [0.1, 0.15) is 35.6 Å². The molecule has 0 spiro atoms. The minimum atomic E-state index is -0.255. The fourth-order valence-corrected chi connectivity index (χ4v) is 3.11. The number of hydrogen-bond acceptors (Lipinski definition) is 2. The zero-order valence-electron chi connectivity index (χ0n) is 14.2. The number of nitrogens with two attached hydrogens (primary N) is 1. The Labute approximate surface area is 146 Å². The lowest BCUT2D eigenvalue weighted by Crippen LogP contribution is -2.06. The zero-order chi connectivity index (χ0) is 18.1. The molecule has 2 nitrogen and oxygen atoms in total. The van der Waals surface area contributed by atoms with Gasteiger partial charge in [-0.2, -0.15) is 0 Å². The van der Waals surface area contributed by atoms with Crippen molar-refractivity contribution in [1.29, 1.82) is 5.41 Å². The molecule has 1 unspecified atom stereocenters. The van der Waals surface area contributed by atoms with Crippen molar-refractivity contribution in [3.8, 4) is 0 Å². The summed E-state index contributed by atoms with van der Waals surface area (Å²) in [6.45, 7) is 3.56. The molecule has 0 radical (unpaired) electrons. The molecule has 0 heterocycles. The van der Waals surface area contributed by atoms with Gasteiger partial charge in [0.1, 0.15) is 11.6 Å². The summed E-state index contributed by atoms with van der Waals surface area (Å²) >= 11 is 0. The Kier molecular flexibility index (Phi) is 4.53. The van der Waals surface area contributed by atoms with E-state index in [0.717, 1.165) is 22.3 Å². The van der Waals surface area contributed by atoms with Crippen LogP contribution in [-0.2, 0) is 0 Å². The summed E-state index contributed by atoms with van der Waals surface area (Å²) in [5.41, 5.74) is 10.9. The summed E-state index contributed by atoms with van der Waals surface area (Å²) in [5, 5.41) is 7.48. The monoisotopic (exact) mass is 338 g/mol. The number of allylic oxidation sites excluding steroid dienone is 4. The van der Waals surface area contributed by atoms with Crippen LogP contribution in [0.5, 0.6) is 0 Å². The van der Waals surface area contributed by atoms with Crippen molar-refractivity contribution in [2.45, 2.75) is 20.3 Å². The molecular weight excluding hydrogens is 318 g/mol. The number of halogens is 2. The van der Waals surface area contributed by atoms with Gasteiger partial charge < -0.3 is 11.1 Å². The largest absolute Gasteiger partial charge is 0.398 e. The van der Waals surface area contributed by atoms with Crippen LogP contribution in [0.2, 0.25) is 0 Å². The summed E-state index contributed by atoms with van der Waals surface area (Å²) in [7, 11) is 0. The van der Waals surface area contributed by atoms with E-state index in [0.29, 0.717) is 23.2 Å². The van der Waals surface area contributed by atoms with E-state index in [2.05, 4.69) is 0 Å². The van der Waals surface area contributed by atoms with E-state index < -0.39 is 0 Å². The van der Waals surface area contributed by atoms with Gasteiger partial charge in [0.2, 0.25) is 0 Å². The van der Waals surface area contributed by atoms with Crippen molar-refractivity contribution >= 4 is 23.0 Å². The molecule has 0 aliphatic heterocycles. The summed E-state index contributed by atoms with van der Waals surface area (Å²) < 4.78 is 27.9. The molecule has 1 atom stereocenters. The predicted octanol–water partition coefficient (Wildman–Crippen LogP) is 5.52. The molecular formula is C21H20F2N2. The van der Waals surface area contributed by atoms with E-state index in [4.69, 9.17) is 11.1 Å². The van der Waals surface area contributed by atoms with Crippen LogP contribution in [0.25, 0.3) is 11.1 Å². The minimum Gasteiger partial charge on any atom is -0.398 e. The Morgan fingerprint density at radius 3 is 2.52 bits per heavy atom. The summed E-state index contributed by atoms with van der Waals surface area (Å²) in [4.78, 5) is 0. The van der Waals surface area contributed by atoms with Crippen molar-refractivity contribution in [2.24, 2.45) is 5.92 Å². The van der Waals surface area contributed by atoms with Crippen LogP contribution in [0.15, 0.2) is 48.3 Å². The number of benzene rings is 2. The Hall–Kier alpha value is -2.75. The van der Waals surface area contributed by atoms with Gasteiger partial charge >= 0.3 is 0 Å². The average Bonchev–Trinajstić information content (AvgIpc) is 2.60. The number of nitrogen functional groups attached to an aromatic ring is 1. The van der Waals surface area contributed by atoms with E-state index in [-0.39, 0.29) is 17.6 Å². The molecule has 4 heteroatoms. The van der Waals surface area contributed by atoms with Gasteiger partial charge in [0.05, 0.1) is 0 Å². The van der Waals surface area contributed by atoms with Crippen molar-refractivity contribution in [3.05, 3.63) is 76.4 Å². The fraction of sp³-hybridized carbons (Fsp3) is 0.190. The average molecular weight is 338 g/mol.